The first-order valence-corrected chi connectivity index (χ1v) is 7.92. The maximum absolute atomic E-state index is 10.0. The molecule has 3 atom stereocenters. The lowest BCUT2D eigenvalue weighted by Gasteiger charge is -2.36. The van der Waals surface area contributed by atoms with Gasteiger partial charge in [-0.25, -0.2) is 0 Å². The van der Waals surface area contributed by atoms with Crippen LogP contribution in [0.2, 0.25) is 0 Å². The number of benzene rings is 2. The van der Waals surface area contributed by atoms with Crippen molar-refractivity contribution in [1.82, 2.24) is 0 Å². The highest BCUT2D eigenvalue weighted by atomic mass is 16.5. The molecule has 1 aliphatic heterocycles. The average molecular weight is 296 g/mol. The van der Waals surface area contributed by atoms with Gasteiger partial charge in [-0.3, -0.25) is 0 Å². The molecule has 114 valence electrons. The highest BCUT2D eigenvalue weighted by Crippen LogP contribution is 2.54. The van der Waals surface area contributed by atoms with Crippen LogP contribution in [0.3, 0.4) is 0 Å². The summed E-state index contributed by atoms with van der Waals surface area (Å²) < 4.78 is 6.31. The van der Waals surface area contributed by atoms with Gasteiger partial charge in [-0.05, 0) is 61.1 Å². The fraction of sp³-hybridized carbons (Fsp3) is 0.368. The maximum Gasteiger partial charge on any atom is 0.127 e. The van der Waals surface area contributed by atoms with E-state index in [2.05, 4.69) is 0 Å². The van der Waals surface area contributed by atoms with Crippen LogP contribution >= 0.6 is 0 Å². The van der Waals surface area contributed by atoms with Gasteiger partial charge in [-0.1, -0.05) is 18.6 Å². The van der Waals surface area contributed by atoms with E-state index >= 15 is 0 Å². The normalized spacial score (nSPS) is 26.1. The molecular formula is C19H20O3. The lowest BCUT2D eigenvalue weighted by atomic mass is 9.79. The molecule has 3 nitrogen and oxygen atoms in total. The summed E-state index contributed by atoms with van der Waals surface area (Å²) >= 11 is 0. The first-order chi connectivity index (χ1) is 10.6. The molecule has 0 amide bonds. The molecule has 2 aliphatic rings. The van der Waals surface area contributed by atoms with Gasteiger partial charge in [-0.15, -0.1) is 0 Å². The van der Waals surface area contributed by atoms with Crippen molar-refractivity contribution in [3.8, 4) is 17.2 Å². The van der Waals surface area contributed by atoms with Gasteiger partial charge in [-0.2, -0.15) is 0 Å². The Kier molecular flexibility index (Phi) is 3.03. The molecule has 1 aliphatic carbocycles. The van der Waals surface area contributed by atoms with E-state index in [0.717, 1.165) is 35.3 Å². The van der Waals surface area contributed by atoms with Crippen molar-refractivity contribution in [2.75, 3.05) is 0 Å². The molecule has 2 aromatic carbocycles. The highest BCUT2D eigenvalue weighted by molar-refractivity contribution is 5.49. The van der Waals surface area contributed by atoms with Crippen molar-refractivity contribution in [3.05, 3.63) is 53.1 Å². The van der Waals surface area contributed by atoms with E-state index in [-0.39, 0.29) is 11.9 Å². The topological polar surface area (TPSA) is 49.7 Å². The predicted octanol–water partition coefficient (Wildman–Crippen LogP) is 4.42. The number of phenolic OH excluding ortho intramolecular Hbond substituents is 2. The van der Waals surface area contributed by atoms with Crippen molar-refractivity contribution in [3.63, 3.8) is 0 Å². The monoisotopic (exact) mass is 296 g/mol. The fourth-order valence-electron chi connectivity index (χ4n) is 4.02. The summed E-state index contributed by atoms with van der Waals surface area (Å²) in [6.45, 7) is 1.90. The first-order valence-electron chi connectivity index (χ1n) is 7.92. The number of aromatic hydroxyl groups is 2. The van der Waals surface area contributed by atoms with Crippen LogP contribution in [-0.2, 0) is 0 Å². The fourth-order valence-corrected chi connectivity index (χ4v) is 4.02. The Bertz CT molecular complexity index is 705. The molecule has 2 aromatic rings. The molecule has 0 aromatic heterocycles. The van der Waals surface area contributed by atoms with E-state index in [4.69, 9.17) is 4.74 Å². The second-order valence-electron chi connectivity index (χ2n) is 6.51. The van der Waals surface area contributed by atoms with E-state index in [1.807, 2.05) is 31.2 Å². The summed E-state index contributed by atoms with van der Waals surface area (Å²) in [4.78, 5) is 0. The molecule has 1 fully saturated rings. The van der Waals surface area contributed by atoms with Crippen LogP contribution in [0, 0.1) is 12.8 Å². The number of hydrogen-bond acceptors (Lipinski definition) is 3. The zero-order valence-electron chi connectivity index (χ0n) is 12.6. The Hall–Kier alpha value is -2.16. The molecule has 0 spiro atoms. The van der Waals surface area contributed by atoms with Crippen LogP contribution < -0.4 is 4.74 Å². The summed E-state index contributed by atoms with van der Waals surface area (Å²) in [7, 11) is 0. The van der Waals surface area contributed by atoms with Crippen molar-refractivity contribution in [2.24, 2.45) is 5.92 Å². The molecule has 2 N–H and O–H groups in total. The summed E-state index contributed by atoms with van der Waals surface area (Å²) in [6, 6.07) is 11.2. The smallest absolute Gasteiger partial charge is 0.127 e. The van der Waals surface area contributed by atoms with Crippen LogP contribution in [0.4, 0.5) is 0 Å². The minimum atomic E-state index is 0.0320. The molecule has 0 bridgehead atoms. The summed E-state index contributed by atoms with van der Waals surface area (Å²) in [5.41, 5.74) is 3.12. The third-order valence-electron chi connectivity index (χ3n) is 5.16. The van der Waals surface area contributed by atoms with Crippen molar-refractivity contribution < 1.29 is 14.9 Å². The predicted molar refractivity (Wildman–Crippen MR) is 84.4 cm³/mol. The van der Waals surface area contributed by atoms with Gasteiger partial charge in [0.05, 0.1) is 0 Å². The van der Waals surface area contributed by atoms with Crippen LogP contribution in [0.1, 0.15) is 48.0 Å². The van der Waals surface area contributed by atoms with E-state index < -0.39 is 0 Å². The quantitative estimate of drug-likeness (QED) is 0.818. The standard InChI is InChI=1S/C19H20O3/c1-11-9-18-16(10-17(11)21)14-3-2-4-15(14)19(22-18)12-5-7-13(20)8-6-12/h5-10,14-15,19-21H,2-4H2,1H3. The Morgan fingerprint density at radius 2 is 1.82 bits per heavy atom. The minimum absolute atomic E-state index is 0.0320. The molecule has 0 saturated heterocycles. The molecule has 1 saturated carbocycles. The Balaban J connectivity index is 1.79. The van der Waals surface area contributed by atoms with Crippen molar-refractivity contribution >= 4 is 0 Å². The summed E-state index contributed by atoms with van der Waals surface area (Å²) in [6.07, 6.45) is 3.52. The van der Waals surface area contributed by atoms with Gasteiger partial charge in [0.1, 0.15) is 23.4 Å². The zero-order chi connectivity index (χ0) is 15.3. The van der Waals surface area contributed by atoms with Crippen molar-refractivity contribution in [1.29, 1.82) is 0 Å². The molecule has 22 heavy (non-hydrogen) atoms. The second-order valence-corrected chi connectivity index (χ2v) is 6.51. The molecule has 3 heteroatoms. The second kappa shape index (κ2) is 4.94. The van der Waals surface area contributed by atoms with Gasteiger partial charge in [0.25, 0.3) is 0 Å². The van der Waals surface area contributed by atoms with Crippen LogP contribution in [-0.4, -0.2) is 10.2 Å². The molecular weight excluding hydrogens is 276 g/mol. The number of hydrogen-bond donors (Lipinski definition) is 2. The largest absolute Gasteiger partial charge is 0.508 e. The van der Waals surface area contributed by atoms with Gasteiger partial charge in [0, 0.05) is 11.5 Å². The Morgan fingerprint density at radius 3 is 2.59 bits per heavy atom. The van der Waals surface area contributed by atoms with Crippen LogP contribution in [0.25, 0.3) is 0 Å². The average Bonchev–Trinajstić information content (AvgIpc) is 2.99. The first kappa shape index (κ1) is 13.5. The minimum Gasteiger partial charge on any atom is -0.508 e. The van der Waals surface area contributed by atoms with Gasteiger partial charge >= 0.3 is 0 Å². The van der Waals surface area contributed by atoms with E-state index in [1.54, 1.807) is 12.1 Å². The van der Waals surface area contributed by atoms with Gasteiger partial charge in [0.2, 0.25) is 0 Å². The Labute approximate surface area is 130 Å². The van der Waals surface area contributed by atoms with Crippen molar-refractivity contribution in [2.45, 2.75) is 38.2 Å². The van der Waals surface area contributed by atoms with Gasteiger partial charge < -0.3 is 14.9 Å². The summed E-state index contributed by atoms with van der Waals surface area (Å²) in [5.74, 6) is 2.43. The third kappa shape index (κ3) is 2.04. The van der Waals surface area contributed by atoms with E-state index in [9.17, 15) is 10.2 Å². The molecule has 4 rings (SSSR count). The maximum atomic E-state index is 10.0. The van der Waals surface area contributed by atoms with E-state index in [1.165, 1.54) is 6.42 Å². The number of aryl methyl sites for hydroxylation is 1. The molecule has 0 radical (unpaired) electrons. The number of ether oxygens (including phenoxy) is 1. The molecule has 3 unspecified atom stereocenters. The zero-order valence-corrected chi connectivity index (χ0v) is 12.6. The summed E-state index contributed by atoms with van der Waals surface area (Å²) in [5, 5.41) is 19.5. The van der Waals surface area contributed by atoms with Crippen LogP contribution in [0.5, 0.6) is 17.2 Å². The number of fused-ring (bicyclic) bond motifs is 3. The third-order valence-corrected chi connectivity index (χ3v) is 5.16. The molecule has 1 heterocycles. The number of phenols is 2. The van der Waals surface area contributed by atoms with Gasteiger partial charge in [0.15, 0.2) is 0 Å². The lowest BCUT2D eigenvalue weighted by molar-refractivity contribution is 0.104. The van der Waals surface area contributed by atoms with Crippen LogP contribution in [0.15, 0.2) is 36.4 Å². The number of rotatable bonds is 1. The SMILES string of the molecule is Cc1cc2c(cc1O)C1CCCC1C(c1ccc(O)cc1)O2. The van der Waals surface area contributed by atoms with E-state index in [0.29, 0.717) is 17.6 Å². The Morgan fingerprint density at radius 1 is 1.05 bits per heavy atom. The highest BCUT2D eigenvalue weighted by Gasteiger charge is 2.42. The lowest BCUT2D eigenvalue weighted by Crippen LogP contribution is -2.26.